The summed E-state index contributed by atoms with van der Waals surface area (Å²) in [5, 5.41) is 10.0. The second-order valence-corrected chi connectivity index (χ2v) is 8.08. The summed E-state index contributed by atoms with van der Waals surface area (Å²) in [4.78, 5) is 4.79. The Labute approximate surface area is 177 Å². The van der Waals surface area contributed by atoms with Crippen molar-refractivity contribution in [2.45, 2.75) is 36.8 Å². The lowest BCUT2D eigenvalue weighted by atomic mass is 9.73. The zero-order chi connectivity index (χ0) is 22.9. The molecule has 4 nitrogen and oxygen atoms in total. The van der Waals surface area contributed by atoms with Crippen LogP contribution in [-0.2, 0) is 10.3 Å². The van der Waals surface area contributed by atoms with Crippen molar-refractivity contribution in [3.8, 4) is 0 Å². The molecule has 1 spiro atoms. The van der Waals surface area contributed by atoms with Gasteiger partial charge in [0.1, 0.15) is 17.5 Å². The predicted molar refractivity (Wildman–Crippen MR) is 93.8 cm³/mol. The molecule has 0 aromatic heterocycles. The summed E-state index contributed by atoms with van der Waals surface area (Å²) in [6.07, 6.45) is -7.84. The number of alkyl halides is 7. The number of aliphatic hydroxyl groups is 1. The van der Waals surface area contributed by atoms with E-state index in [9.17, 15) is 40.2 Å². The first-order chi connectivity index (χ1) is 14.2. The molecule has 13 heteroatoms. The van der Waals surface area contributed by atoms with Crippen LogP contribution in [0, 0.1) is 5.82 Å². The number of hydrogen-bond donors (Lipinski definition) is 1. The lowest BCUT2D eigenvalue weighted by Gasteiger charge is -2.40. The highest BCUT2D eigenvalue weighted by atomic mass is 79.9. The topological polar surface area (TPSA) is 45.1 Å². The number of ether oxygens (including phenoxy) is 1. The SMILES string of the molecule is O[C@H]1c2c(ccc(Br)c2F)C2(CN3C=C(C(F)(F)F)C=C(OC(F)F)C3=N2)CC1(F)F. The molecule has 1 aromatic rings. The zero-order valence-corrected chi connectivity index (χ0v) is 16.6. The van der Waals surface area contributed by atoms with Crippen LogP contribution in [0.4, 0.5) is 35.1 Å². The third-order valence-electron chi connectivity index (χ3n) is 5.20. The summed E-state index contributed by atoms with van der Waals surface area (Å²) in [6.45, 7) is -4.14. The van der Waals surface area contributed by atoms with Gasteiger partial charge in [0.15, 0.2) is 11.6 Å². The van der Waals surface area contributed by atoms with E-state index in [2.05, 4.69) is 25.7 Å². The fourth-order valence-electron chi connectivity index (χ4n) is 3.98. The van der Waals surface area contributed by atoms with Crippen molar-refractivity contribution in [3.63, 3.8) is 0 Å². The summed E-state index contributed by atoms with van der Waals surface area (Å²) in [7, 11) is 0. The first-order valence-electron chi connectivity index (χ1n) is 8.62. The number of hydrogen-bond acceptors (Lipinski definition) is 4. The lowest BCUT2D eigenvalue weighted by Crippen LogP contribution is -2.46. The van der Waals surface area contributed by atoms with E-state index in [1.54, 1.807) is 0 Å². The number of halogens is 9. The Morgan fingerprint density at radius 2 is 1.94 bits per heavy atom. The third kappa shape index (κ3) is 3.51. The largest absolute Gasteiger partial charge is 0.431 e. The minimum Gasteiger partial charge on any atom is -0.431 e. The highest BCUT2D eigenvalue weighted by Crippen LogP contribution is 2.54. The van der Waals surface area contributed by atoms with Gasteiger partial charge in [-0.25, -0.2) is 13.2 Å². The summed E-state index contributed by atoms with van der Waals surface area (Å²) in [5.74, 6) is -6.58. The van der Waals surface area contributed by atoms with Gasteiger partial charge in [-0.3, -0.25) is 4.99 Å². The molecule has 2 atom stereocenters. The van der Waals surface area contributed by atoms with Gasteiger partial charge in [-0.15, -0.1) is 0 Å². The summed E-state index contributed by atoms with van der Waals surface area (Å²) in [5.41, 5.74) is -4.33. The molecule has 2 heterocycles. The molecule has 1 aliphatic carbocycles. The van der Waals surface area contributed by atoms with E-state index in [1.807, 2.05) is 0 Å². The first kappa shape index (κ1) is 22.1. The summed E-state index contributed by atoms with van der Waals surface area (Å²) >= 11 is 2.84. The molecule has 0 amide bonds. The van der Waals surface area contributed by atoms with E-state index < -0.39 is 71.9 Å². The Bertz CT molecular complexity index is 1040. The maximum atomic E-state index is 14.7. The number of fused-ring (bicyclic) bond motifs is 3. The van der Waals surface area contributed by atoms with Gasteiger partial charge >= 0.3 is 12.8 Å². The molecule has 168 valence electrons. The number of benzene rings is 1. The van der Waals surface area contributed by atoms with Crippen molar-refractivity contribution in [2.24, 2.45) is 4.99 Å². The van der Waals surface area contributed by atoms with E-state index in [4.69, 9.17) is 0 Å². The van der Waals surface area contributed by atoms with Crippen LogP contribution in [0.3, 0.4) is 0 Å². The Balaban J connectivity index is 1.91. The van der Waals surface area contributed by atoms with Crippen LogP contribution >= 0.6 is 15.9 Å². The highest BCUT2D eigenvalue weighted by Gasteiger charge is 2.59. The molecule has 0 saturated carbocycles. The number of aliphatic hydroxyl groups excluding tert-OH is 1. The minimum atomic E-state index is -4.94. The molecule has 0 bridgehead atoms. The molecule has 3 aliphatic rings. The van der Waals surface area contributed by atoms with Crippen LogP contribution in [-0.4, -0.2) is 41.1 Å². The molecule has 4 rings (SSSR count). The normalized spacial score (nSPS) is 27.0. The van der Waals surface area contributed by atoms with Gasteiger partial charge < -0.3 is 14.7 Å². The minimum absolute atomic E-state index is 0.188. The van der Waals surface area contributed by atoms with Crippen LogP contribution < -0.4 is 0 Å². The molecule has 1 aromatic carbocycles. The number of aliphatic imine (C=N–C) groups is 1. The van der Waals surface area contributed by atoms with Crippen molar-refractivity contribution < 1.29 is 45.0 Å². The van der Waals surface area contributed by atoms with Crippen molar-refractivity contribution in [1.82, 2.24) is 4.90 Å². The van der Waals surface area contributed by atoms with Crippen molar-refractivity contribution in [3.05, 3.63) is 57.2 Å². The van der Waals surface area contributed by atoms with Crippen molar-refractivity contribution >= 4 is 21.8 Å². The quantitative estimate of drug-likeness (QED) is 0.550. The Morgan fingerprint density at radius 1 is 1.26 bits per heavy atom. The zero-order valence-electron chi connectivity index (χ0n) is 15.0. The highest BCUT2D eigenvalue weighted by molar-refractivity contribution is 9.10. The summed E-state index contributed by atoms with van der Waals surface area (Å²) < 4.78 is 113. The van der Waals surface area contributed by atoms with E-state index in [0.717, 1.165) is 4.90 Å². The van der Waals surface area contributed by atoms with E-state index in [0.29, 0.717) is 12.3 Å². The fraction of sp³-hybridized carbons (Fsp3) is 0.389. The van der Waals surface area contributed by atoms with Crippen molar-refractivity contribution in [2.75, 3.05) is 6.54 Å². The maximum absolute atomic E-state index is 14.7. The fourth-order valence-corrected chi connectivity index (χ4v) is 4.33. The van der Waals surface area contributed by atoms with Gasteiger partial charge in [-0.1, -0.05) is 6.07 Å². The molecule has 2 aliphatic heterocycles. The van der Waals surface area contributed by atoms with Gasteiger partial charge in [-0.2, -0.15) is 22.0 Å². The number of rotatable bonds is 2. The average Bonchev–Trinajstić information content (AvgIpc) is 2.99. The van der Waals surface area contributed by atoms with Gasteiger partial charge in [0, 0.05) is 18.2 Å². The van der Waals surface area contributed by atoms with Crippen LogP contribution in [0.2, 0.25) is 0 Å². The Kier molecular flexibility index (Phi) is 4.93. The van der Waals surface area contributed by atoms with Gasteiger partial charge in [0.25, 0.3) is 5.92 Å². The monoisotopic (exact) mass is 518 g/mol. The second-order valence-electron chi connectivity index (χ2n) is 7.23. The van der Waals surface area contributed by atoms with Crippen LogP contribution in [0.5, 0.6) is 0 Å². The van der Waals surface area contributed by atoms with Crippen LogP contribution in [0.1, 0.15) is 23.7 Å². The smallest absolute Gasteiger partial charge is 0.417 e. The average molecular weight is 519 g/mol. The molecule has 0 saturated heterocycles. The third-order valence-corrected chi connectivity index (χ3v) is 5.82. The second kappa shape index (κ2) is 6.92. The Hall–Kier alpha value is -2.15. The number of amidine groups is 1. The van der Waals surface area contributed by atoms with Crippen LogP contribution in [0.25, 0.3) is 0 Å². The maximum Gasteiger partial charge on any atom is 0.417 e. The van der Waals surface area contributed by atoms with Crippen molar-refractivity contribution in [1.29, 1.82) is 0 Å². The summed E-state index contributed by atoms with van der Waals surface area (Å²) in [6, 6.07) is 2.38. The van der Waals surface area contributed by atoms with E-state index >= 15 is 0 Å². The molecular formula is C18H11BrF8N2O2. The number of nitrogens with zero attached hydrogens (tertiary/aromatic N) is 2. The Morgan fingerprint density at radius 3 is 2.55 bits per heavy atom. The molecule has 1 N–H and O–H groups in total. The van der Waals surface area contributed by atoms with E-state index in [1.165, 1.54) is 12.1 Å². The first-order valence-corrected chi connectivity index (χ1v) is 9.41. The molecule has 0 fully saturated rings. The number of allylic oxidation sites excluding steroid dienone is 2. The van der Waals surface area contributed by atoms with Crippen LogP contribution in [0.15, 0.2) is 45.2 Å². The van der Waals surface area contributed by atoms with Gasteiger partial charge in [-0.05, 0) is 33.6 Å². The van der Waals surface area contributed by atoms with Gasteiger partial charge in [0.05, 0.1) is 16.6 Å². The van der Waals surface area contributed by atoms with Gasteiger partial charge in [0.2, 0.25) is 0 Å². The standard InChI is InChI=1S/C18H11BrF8N2O2/c19-9-2-1-8-11(12(9)20)13(30)17(23,24)5-16(8)6-29-4-7(18(25,26)27)3-10(14(29)28-16)31-15(21)22/h1-4,13,15,30H,5-6H2/t13-,16?/m0/s1. The predicted octanol–water partition coefficient (Wildman–Crippen LogP) is 5.15. The van der Waals surface area contributed by atoms with E-state index in [-0.39, 0.29) is 10.0 Å². The molecular weight excluding hydrogens is 508 g/mol. The molecule has 31 heavy (non-hydrogen) atoms. The molecule has 1 unspecified atom stereocenters. The molecule has 0 radical (unpaired) electrons. The lowest BCUT2D eigenvalue weighted by molar-refractivity contribution is -0.138.